The summed E-state index contributed by atoms with van der Waals surface area (Å²) in [4.78, 5) is 13.8. The summed E-state index contributed by atoms with van der Waals surface area (Å²) in [5, 5.41) is 0. The largest absolute Gasteiger partial charge is 0.461 e. The summed E-state index contributed by atoms with van der Waals surface area (Å²) in [7, 11) is 1.93. The van der Waals surface area contributed by atoms with E-state index in [-0.39, 0.29) is 5.78 Å². The Morgan fingerprint density at radius 2 is 2.11 bits per heavy atom. The van der Waals surface area contributed by atoms with Crippen molar-refractivity contribution in [3.05, 3.63) is 59.5 Å². The number of furan rings is 1. The zero-order valence-corrected chi connectivity index (χ0v) is 10.7. The quantitative estimate of drug-likeness (QED) is 0.757. The molecular formula is C15H17NO2. The van der Waals surface area contributed by atoms with E-state index in [1.165, 1.54) is 17.4 Å². The van der Waals surface area contributed by atoms with Crippen molar-refractivity contribution in [1.29, 1.82) is 0 Å². The minimum Gasteiger partial charge on any atom is -0.461 e. The zero-order valence-electron chi connectivity index (χ0n) is 10.7. The molecule has 2 aromatic rings. The maximum absolute atomic E-state index is 11.8. The van der Waals surface area contributed by atoms with Gasteiger partial charge in [0, 0.05) is 6.54 Å². The summed E-state index contributed by atoms with van der Waals surface area (Å²) in [5.74, 6) is 0.432. The average molecular weight is 243 g/mol. The van der Waals surface area contributed by atoms with Gasteiger partial charge in [0.2, 0.25) is 5.78 Å². The molecule has 0 saturated carbocycles. The van der Waals surface area contributed by atoms with Crippen molar-refractivity contribution in [3.8, 4) is 0 Å². The van der Waals surface area contributed by atoms with Gasteiger partial charge in [0.25, 0.3) is 0 Å². The number of benzene rings is 1. The van der Waals surface area contributed by atoms with E-state index in [1.807, 2.05) is 18.0 Å². The predicted octanol–water partition coefficient (Wildman–Crippen LogP) is 2.90. The molecule has 0 aliphatic carbocycles. The Balaban J connectivity index is 1.93. The van der Waals surface area contributed by atoms with Crippen LogP contribution in [0.1, 0.15) is 21.7 Å². The molecule has 3 nitrogen and oxygen atoms in total. The summed E-state index contributed by atoms with van der Waals surface area (Å²) in [5.41, 5.74) is 2.45. The van der Waals surface area contributed by atoms with E-state index >= 15 is 0 Å². The molecule has 0 saturated heterocycles. The lowest BCUT2D eigenvalue weighted by atomic mass is 10.1. The van der Waals surface area contributed by atoms with Gasteiger partial charge in [-0.3, -0.25) is 9.69 Å². The number of Topliss-reactive ketones (excluding diaryl/α,β-unsaturated/α-hetero) is 1. The average Bonchev–Trinajstić information content (AvgIpc) is 2.81. The highest BCUT2D eigenvalue weighted by atomic mass is 16.3. The van der Waals surface area contributed by atoms with Crippen molar-refractivity contribution in [2.24, 2.45) is 0 Å². The monoisotopic (exact) mass is 243 g/mol. The smallest absolute Gasteiger partial charge is 0.211 e. The summed E-state index contributed by atoms with van der Waals surface area (Å²) in [6.07, 6.45) is 1.52. The number of hydrogen-bond acceptors (Lipinski definition) is 3. The lowest BCUT2D eigenvalue weighted by molar-refractivity contribution is 0.0915. The number of aryl methyl sites for hydroxylation is 1. The van der Waals surface area contributed by atoms with Crippen LogP contribution in [0.5, 0.6) is 0 Å². The Kier molecular flexibility index (Phi) is 3.95. The van der Waals surface area contributed by atoms with E-state index < -0.39 is 0 Å². The number of rotatable bonds is 5. The molecule has 0 aliphatic heterocycles. The highest BCUT2D eigenvalue weighted by Gasteiger charge is 2.11. The van der Waals surface area contributed by atoms with E-state index in [9.17, 15) is 4.79 Å². The van der Waals surface area contributed by atoms with Gasteiger partial charge < -0.3 is 4.42 Å². The molecule has 2 rings (SSSR count). The van der Waals surface area contributed by atoms with E-state index in [2.05, 4.69) is 25.1 Å². The van der Waals surface area contributed by atoms with Crippen LogP contribution in [0.15, 0.2) is 47.1 Å². The molecule has 3 heteroatoms. The molecule has 0 amide bonds. The molecular weight excluding hydrogens is 226 g/mol. The van der Waals surface area contributed by atoms with Crippen LogP contribution in [0.25, 0.3) is 0 Å². The number of ketones is 1. The van der Waals surface area contributed by atoms with Crippen LogP contribution in [0.3, 0.4) is 0 Å². The maximum Gasteiger partial charge on any atom is 0.211 e. The van der Waals surface area contributed by atoms with Crippen molar-refractivity contribution < 1.29 is 9.21 Å². The summed E-state index contributed by atoms with van der Waals surface area (Å²) in [6.45, 7) is 3.19. The lowest BCUT2D eigenvalue weighted by Crippen LogP contribution is -2.25. The first-order chi connectivity index (χ1) is 8.65. The van der Waals surface area contributed by atoms with Crippen LogP contribution >= 0.6 is 0 Å². The predicted molar refractivity (Wildman–Crippen MR) is 70.6 cm³/mol. The Hall–Kier alpha value is -1.87. The summed E-state index contributed by atoms with van der Waals surface area (Å²) in [6, 6.07) is 11.7. The van der Waals surface area contributed by atoms with Crippen LogP contribution in [-0.4, -0.2) is 24.3 Å². The lowest BCUT2D eigenvalue weighted by Gasteiger charge is -2.15. The molecule has 1 aromatic heterocycles. The van der Waals surface area contributed by atoms with Crippen LogP contribution in [0, 0.1) is 6.92 Å². The van der Waals surface area contributed by atoms with Gasteiger partial charge in [-0.1, -0.05) is 29.8 Å². The number of likely N-dealkylation sites (N-methyl/N-ethyl adjacent to an activating group) is 1. The van der Waals surface area contributed by atoms with Gasteiger partial charge in [-0.2, -0.15) is 0 Å². The molecule has 1 aromatic carbocycles. The van der Waals surface area contributed by atoms with Crippen LogP contribution in [0.2, 0.25) is 0 Å². The van der Waals surface area contributed by atoms with Crippen LogP contribution in [0.4, 0.5) is 0 Å². The third-order valence-electron chi connectivity index (χ3n) is 2.74. The van der Waals surface area contributed by atoms with Gasteiger partial charge in [0.1, 0.15) is 0 Å². The molecule has 1 heterocycles. The third-order valence-corrected chi connectivity index (χ3v) is 2.74. The fourth-order valence-corrected chi connectivity index (χ4v) is 1.94. The molecule has 0 spiro atoms. The van der Waals surface area contributed by atoms with Crippen molar-refractivity contribution in [2.45, 2.75) is 13.5 Å². The van der Waals surface area contributed by atoms with Crippen molar-refractivity contribution in [3.63, 3.8) is 0 Å². The topological polar surface area (TPSA) is 33.5 Å². The normalized spacial score (nSPS) is 10.8. The zero-order chi connectivity index (χ0) is 13.0. The molecule has 0 aliphatic rings. The highest BCUT2D eigenvalue weighted by Crippen LogP contribution is 2.08. The van der Waals surface area contributed by atoms with Gasteiger partial charge in [-0.15, -0.1) is 0 Å². The summed E-state index contributed by atoms with van der Waals surface area (Å²) < 4.78 is 5.09. The van der Waals surface area contributed by atoms with E-state index in [0.29, 0.717) is 12.3 Å². The molecule has 18 heavy (non-hydrogen) atoms. The first-order valence-electron chi connectivity index (χ1n) is 5.96. The third kappa shape index (κ3) is 3.31. The van der Waals surface area contributed by atoms with Gasteiger partial charge in [-0.05, 0) is 31.7 Å². The molecule has 0 fully saturated rings. The number of carbonyl (C=O) groups excluding carboxylic acids is 1. The summed E-state index contributed by atoms with van der Waals surface area (Å²) >= 11 is 0. The van der Waals surface area contributed by atoms with Gasteiger partial charge in [-0.25, -0.2) is 0 Å². The van der Waals surface area contributed by atoms with E-state index in [0.717, 1.165) is 6.54 Å². The Labute approximate surface area is 107 Å². The van der Waals surface area contributed by atoms with Gasteiger partial charge in [0.05, 0.1) is 12.8 Å². The van der Waals surface area contributed by atoms with Crippen LogP contribution in [-0.2, 0) is 6.54 Å². The molecule has 0 atom stereocenters. The number of carbonyl (C=O) groups is 1. The molecule has 0 bridgehead atoms. The van der Waals surface area contributed by atoms with Crippen molar-refractivity contribution >= 4 is 5.78 Å². The molecule has 0 radical (unpaired) electrons. The highest BCUT2D eigenvalue weighted by molar-refractivity contribution is 5.94. The second-order valence-electron chi connectivity index (χ2n) is 4.56. The fraction of sp³-hybridized carbons (Fsp3) is 0.267. The first kappa shape index (κ1) is 12.6. The van der Waals surface area contributed by atoms with Crippen molar-refractivity contribution in [1.82, 2.24) is 4.90 Å². The van der Waals surface area contributed by atoms with E-state index in [4.69, 9.17) is 4.42 Å². The second-order valence-corrected chi connectivity index (χ2v) is 4.56. The molecule has 0 N–H and O–H groups in total. The standard InChI is InChI=1S/C15H17NO2/c1-12-5-3-6-13(9-12)10-16(2)11-14(17)15-7-4-8-18-15/h3-9H,10-11H2,1-2H3. The second kappa shape index (κ2) is 5.65. The number of nitrogens with zero attached hydrogens (tertiary/aromatic N) is 1. The van der Waals surface area contributed by atoms with Gasteiger partial charge >= 0.3 is 0 Å². The number of hydrogen-bond donors (Lipinski definition) is 0. The molecule has 0 unspecified atom stereocenters. The SMILES string of the molecule is Cc1cccc(CN(C)CC(=O)c2ccco2)c1. The molecule has 94 valence electrons. The Bertz CT molecular complexity index is 517. The Morgan fingerprint density at radius 3 is 2.78 bits per heavy atom. The first-order valence-corrected chi connectivity index (χ1v) is 5.96. The van der Waals surface area contributed by atoms with Gasteiger partial charge in [0.15, 0.2) is 5.76 Å². The fourth-order valence-electron chi connectivity index (χ4n) is 1.94. The van der Waals surface area contributed by atoms with Crippen LogP contribution < -0.4 is 0 Å². The van der Waals surface area contributed by atoms with E-state index in [1.54, 1.807) is 12.1 Å². The maximum atomic E-state index is 11.8. The Morgan fingerprint density at radius 1 is 1.28 bits per heavy atom. The van der Waals surface area contributed by atoms with Crippen molar-refractivity contribution in [2.75, 3.05) is 13.6 Å². The minimum atomic E-state index is 0.00940. The minimum absolute atomic E-state index is 0.00940.